The molecule has 0 saturated heterocycles. The van der Waals surface area contributed by atoms with Crippen molar-refractivity contribution in [2.24, 2.45) is 0 Å². The van der Waals surface area contributed by atoms with E-state index in [1.807, 2.05) is 0 Å². The maximum absolute atomic E-state index is 12.9. The molecule has 126 valence electrons. The molecular weight excluding hydrogens is 318 g/mol. The number of hydrogen-bond donors (Lipinski definition) is 2. The molecule has 0 aliphatic heterocycles. The third kappa shape index (κ3) is 5.35. The molecule has 0 bridgehead atoms. The van der Waals surface area contributed by atoms with Crippen molar-refractivity contribution in [2.75, 3.05) is 6.54 Å². The average molecular weight is 334 g/mol. The van der Waals surface area contributed by atoms with E-state index in [2.05, 4.69) is 5.32 Å². The fourth-order valence-electron chi connectivity index (χ4n) is 2.06. The Kier molecular flexibility index (Phi) is 5.83. The Hall–Kier alpha value is -2.96. The fraction of sp³-hybridized carbons (Fsp3) is 0.176. The van der Waals surface area contributed by atoms with Crippen molar-refractivity contribution in [3.05, 3.63) is 71.3 Å². The molecule has 0 atom stereocenters. The van der Waals surface area contributed by atoms with Crippen LogP contribution in [-0.4, -0.2) is 28.6 Å². The van der Waals surface area contributed by atoms with Gasteiger partial charge in [0, 0.05) is 13.1 Å². The van der Waals surface area contributed by atoms with Gasteiger partial charge in [-0.2, -0.15) is 0 Å². The van der Waals surface area contributed by atoms with Gasteiger partial charge in [0.15, 0.2) is 0 Å². The highest BCUT2D eigenvalue weighted by Crippen LogP contribution is 2.08. The van der Waals surface area contributed by atoms with Gasteiger partial charge in [0.05, 0.1) is 0 Å². The molecule has 2 aromatic rings. The first-order chi connectivity index (χ1) is 11.4. The van der Waals surface area contributed by atoms with E-state index in [-0.39, 0.29) is 18.9 Å². The van der Waals surface area contributed by atoms with Crippen molar-refractivity contribution in [1.82, 2.24) is 10.2 Å². The molecule has 2 rings (SSSR count). The number of carboxylic acids is 1. The average Bonchev–Trinajstić information content (AvgIpc) is 2.55. The number of halogens is 2. The smallest absolute Gasteiger partial charge is 0.323 e. The molecule has 2 aromatic carbocycles. The van der Waals surface area contributed by atoms with Crippen molar-refractivity contribution in [2.45, 2.75) is 13.1 Å². The Balaban J connectivity index is 2.00. The minimum Gasteiger partial charge on any atom is -0.480 e. The summed E-state index contributed by atoms with van der Waals surface area (Å²) in [5, 5.41) is 11.5. The molecule has 2 N–H and O–H groups in total. The molecule has 0 spiro atoms. The summed E-state index contributed by atoms with van der Waals surface area (Å²) in [5.41, 5.74) is 1.29. The summed E-state index contributed by atoms with van der Waals surface area (Å²) in [6, 6.07) is 10.5. The zero-order valence-electron chi connectivity index (χ0n) is 12.7. The lowest BCUT2D eigenvalue weighted by atomic mass is 10.2. The van der Waals surface area contributed by atoms with Crippen LogP contribution in [0.3, 0.4) is 0 Å². The first-order valence-electron chi connectivity index (χ1n) is 7.17. The number of carbonyl (C=O) groups excluding carboxylic acids is 1. The van der Waals surface area contributed by atoms with Crippen LogP contribution < -0.4 is 5.32 Å². The van der Waals surface area contributed by atoms with Crippen LogP contribution in [0.5, 0.6) is 0 Å². The van der Waals surface area contributed by atoms with Gasteiger partial charge in [-0.1, -0.05) is 24.3 Å². The number of rotatable bonds is 6. The molecule has 7 heteroatoms. The van der Waals surface area contributed by atoms with Gasteiger partial charge in [-0.3, -0.25) is 4.79 Å². The molecule has 2 amide bonds. The highest BCUT2D eigenvalue weighted by molar-refractivity contribution is 5.80. The number of urea groups is 1. The summed E-state index contributed by atoms with van der Waals surface area (Å²) < 4.78 is 25.8. The van der Waals surface area contributed by atoms with Gasteiger partial charge in [0.1, 0.15) is 18.2 Å². The number of hydrogen-bond acceptors (Lipinski definition) is 2. The van der Waals surface area contributed by atoms with E-state index >= 15 is 0 Å². The second-order valence-corrected chi connectivity index (χ2v) is 5.16. The number of nitrogens with zero attached hydrogens (tertiary/aromatic N) is 1. The summed E-state index contributed by atoms with van der Waals surface area (Å²) in [7, 11) is 0. The summed E-state index contributed by atoms with van der Waals surface area (Å²) in [6.45, 7) is -0.326. The van der Waals surface area contributed by atoms with Gasteiger partial charge in [0.25, 0.3) is 0 Å². The van der Waals surface area contributed by atoms with Gasteiger partial charge in [-0.25, -0.2) is 13.6 Å². The fourth-order valence-corrected chi connectivity index (χ4v) is 2.06. The quantitative estimate of drug-likeness (QED) is 0.853. The predicted octanol–water partition coefficient (Wildman–Crippen LogP) is 2.76. The second-order valence-electron chi connectivity index (χ2n) is 5.16. The van der Waals surface area contributed by atoms with Gasteiger partial charge < -0.3 is 15.3 Å². The van der Waals surface area contributed by atoms with Crippen LogP contribution in [0.4, 0.5) is 13.6 Å². The van der Waals surface area contributed by atoms with Gasteiger partial charge in [-0.15, -0.1) is 0 Å². The molecular formula is C17H16F2N2O3. The predicted molar refractivity (Wildman–Crippen MR) is 83.1 cm³/mol. The van der Waals surface area contributed by atoms with Crippen LogP contribution in [0.1, 0.15) is 11.1 Å². The van der Waals surface area contributed by atoms with Crippen LogP contribution in [0.25, 0.3) is 0 Å². The van der Waals surface area contributed by atoms with E-state index < -0.39 is 24.4 Å². The van der Waals surface area contributed by atoms with Crippen LogP contribution in [0, 0.1) is 11.6 Å². The standard InChI is InChI=1S/C17H16F2N2O3/c18-14-5-1-12(2-6-14)9-20-17(24)21(11-16(22)23)10-13-3-7-15(19)8-4-13/h1-8H,9-11H2,(H,20,24)(H,22,23). The number of carbonyl (C=O) groups is 2. The minimum absolute atomic E-state index is 0.0296. The van der Waals surface area contributed by atoms with Crippen molar-refractivity contribution in [1.29, 1.82) is 0 Å². The van der Waals surface area contributed by atoms with Crippen LogP contribution in [0.2, 0.25) is 0 Å². The highest BCUT2D eigenvalue weighted by Gasteiger charge is 2.17. The normalized spacial score (nSPS) is 10.2. The molecule has 24 heavy (non-hydrogen) atoms. The van der Waals surface area contributed by atoms with Crippen LogP contribution in [0.15, 0.2) is 48.5 Å². The molecule has 0 aliphatic rings. The Bertz CT molecular complexity index is 703. The topological polar surface area (TPSA) is 69.6 Å². The number of benzene rings is 2. The third-order valence-corrected chi connectivity index (χ3v) is 3.26. The van der Waals surface area contributed by atoms with Crippen LogP contribution in [-0.2, 0) is 17.9 Å². The van der Waals surface area contributed by atoms with E-state index in [1.165, 1.54) is 48.5 Å². The Labute approximate surface area is 137 Å². The molecule has 0 aliphatic carbocycles. The third-order valence-electron chi connectivity index (χ3n) is 3.26. The van der Waals surface area contributed by atoms with Crippen molar-refractivity contribution in [3.63, 3.8) is 0 Å². The van der Waals surface area contributed by atoms with E-state index in [0.717, 1.165) is 4.90 Å². The lowest BCUT2D eigenvalue weighted by molar-refractivity contribution is -0.137. The SMILES string of the molecule is O=C(O)CN(Cc1ccc(F)cc1)C(=O)NCc1ccc(F)cc1. The molecule has 0 heterocycles. The summed E-state index contributed by atoms with van der Waals surface area (Å²) in [4.78, 5) is 24.2. The van der Waals surface area contributed by atoms with E-state index in [9.17, 15) is 18.4 Å². The Morgan fingerprint density at radius 3 is 1.92 bits per heavy atom. The Morgan fingerprint density at radius 2 is 1.42 bits per heavy atom. The number of nitrogens with one attached hydrogen (secondary N) is 1. The highest BCUT2D eigenvalue weighted by atomic mass is 19.1. The monoisotopic (exact) mass is 334 g/mol. The molecule has 0 fully saturated rings. The molecule has 0 saturated carbocycles. The van der Waals surface area contributed by atoms with E-state index in [1.54, 1.807) is 0 Å². The molecule has 5 nitrogen and oxygen atoms in total. The number of carboxylic acid groups (broad SMARTS) is 1. The first kappa shape index (κ1) is 17.4. The van der Waals surface area contributed by atoms with Crippen molar-refractivity contribution in [3.8, 4) is 0 Å². The van der Waals surface area contributed by atoms with Crippen LogP contribution >= 0.6 is 0 Å². The van der Waals surface area contributed by atoms with Gasteiger partial charge >= 0.3 is 12.0 Å². The summed E-state index contributed by atoms with van der Waals surface area (Å²) in [5.74, 6) is -1.95. The first-order valence-corrected chi connectivity index (χ1v) is 7.17. The molecule has 0 unspecified atom stereocenters. The molecule has 0 radical (unpaired) electrons. The lowest BCUT2D eigenvalue weighted by Gasteiger charge is -2.21. The second kappa shape index (κ2) is 8.05. The molecule has 0 aromatic heterocycles. The van der Waals surface area contributed by atoms with Gasteiger partial charge in [-0.05, 0) is 35.4 Å². The maximum Gasteiger partial charge on any atom is 0.323 e. The van der Waals surface area contributed by atoms with Crippen molar-refractivity contribution < 1.29 is 23.5 Å². The summed E-state index contributed by atoms with van der Waals surface area (Å²) >= 11 is 0. The maximum atomic E-state index is 12.9. The van der Waals surface area contributed by atoms with E-state index in [4.69, 9.17) is 5.11 Å². The zero-order valence-corrected chi connectivity index (χ0v) is 12.7. The number of amides is 2. The largest absolute Gasteiger partial charge is 0.480 e. The lowest BCUT2D eigenvalue weighted by Crippen LogP contribution is -2.42. The van der Waals surface area contributed by atoms with Crippen molar-refractivity contribution >= 4 is 12.0 Å². The number of aliphatic carboxylic acids is 1. The zero-order chi connectivity index (χ0) is 17.5. The summed E-state index contributed by atoms with van der Waals surface area (Å²) in [6.07, 6.45) is 0. The minimum atomic E-state index is -1.16. The Morgan fingerprint density at radius 1 is 0.917 bits per heavy atom. The van der Waals surface area contributed by atoms with E-state index in [0.29, 0.717) is 11.1 Å². The van der Waals surface area contributed by atoms with Gasteiger partial charge in [0.2, 0.25) is 0 Å².